The van der Waals surface area contributed by atoms with E-state index in [0.29, 0.717) is 11.5 Å². The molecule has 168 valence electrons. The molecule has 0 aliphatic carbocycles. The lowest BCUT2D eigenvalue weighted by atomic mass is 10.2. The predicted molar refractivity (Wildman–Crippen MR) is 111 cm³/mol. The Bertz CT molecular complexity index is 1610. The summed E-state index contributed by atoms with van der Waals surface area (Å²) in [5.41, 5.74) is 0.109. The van der Waals surface area contributed by atoms with Crippen molar-refractivity contribution in [3.63, 3.8) is 0 Å². The lowest BCUT2D eigenvalue weighted by Crippen LogP contribution is -2.06. The third-order valence-corrected chi connectivity index (χ3v) is 6.63. The summed E-state index contributed by atoms with van der Waals surface area (Å²) < 4.78 is 67.7. The molecule has 0 aliphatic heterocycles. The second-order valence-corrected chi connectivity index (χ2v) is 9.22. The SMILES string of the molecule is CCS(=O)(=O)c1nn2c(-c3ncccn3)ccnc2c1-c1cn2cc(C(F)(F)F)ccc2n1. The fourth-order valence-corrected chi connectivity index (χ4v) is 4.37. The van der Waals surface area contributed by atoms with Crippen molar-refractivity contribution in [2.24, 2.45) is 0 Å². The third-order valence-electron chi connectivity index (χ3n) is 4.99. The van der Waals surface area contributed by atoms with E-state index in [9.17, 15) is 21.6 Å². The molecular weight excluding hydrogens is 459 g/mol. The number of alkyl halides is 3. The lowest BCUT2D eigenvalue weighted by Gasteiger charge is -2.05. The average Bonchev–Trinajstić information content (AvgIpc) is 3.40. The van der Waals surface area contributed by atoms with E-state index in [4.69, 9.17) is 0 Å². The number of imidazole rings is 1. The van der Waals surface area contributed by atoms with Gasteiger partial charge in [-0.2, -0.15) is 18.3 Å². The van der Waals surface area contributed by atoms with Crippen molar-refractivity contribution < 1.29 is 21.6 Å². The van der Waals surface area contributed by atoms with E-state index in [1.807, 2.05) is 0 Å². The summed E-state index contributed by atoms with van der Waals surface area (Å²) in [4.78, 5) is 17.0. The zero-order chi connectivity index (χ0) is 23.4. The number of hydrogen-bond donors (Lipinski definition) is 0. The van der Waals surface area contributed by atoms with Gasteiger partial charge in [0.2, 0.25) is 0 Å². The Balaban J connectivity index is 1.81. The highest BCUT2D eigenvalue weighted by Gasteiger charge is 2.32. The molecule has 0 saturated carbocycles. The normalized spacial score (nSPS) is 12.6. The first kappa shape index (κ1) is 21.0. The van der Waals surface area contributed by atoms with Crippen LogP contribution in [0.2, 0.25) is 0 Å². The van der Waals surface area contributed by atoms with Crippen LogP contribution in [-0.2, 0) is 16.0 Å². The van der Waals surface area contributed by atoms with E-state index < -0.39 is 21.6 Å². The first-order chi connectivity index (χ1) is 15.7. The molecule has 0 unspecified atom stereocenters. The van der Waals surface area contributed by atoms with Gasteiger partial charge in [-0.3, -0.25) is 0 Å². The van der Waals surface area contributed by atoms with Crippen molar-refractivity contribution in [1.82, 2.24) is 34.0 Å². The van der Waals surface area contributed by atoms with Crippen molar-refractivity contribution in [1.29, 1.82) is 0 Å². The molecule has 33 heavy (non-hydrogen) atoms. The summed E-state index contributed by atoms with van der Waals surface area (Å²) >= 11 is 0. The first-order valence-corrected chi connectivity index (χ1v) is 11.3. The molecule has 0 saturated heterocycles. The summed E-state index contributed by atoms with van der Waals surface area (Å²) in [6, 6.07) is 5.34. The molecule has 5 aromatic heterocycles. The van der Waals surface area contributed by atoms with Crippen molar-refractivity contribution in [2.75, 3.05) is 5.75 Å². The molecule has 0 fully saturated rings. The number of fused-ring (bicyclic) bond motifs is 2. The Morgan fingerprint density at radius 1 is 1.00 bits per heavy atom. The van der Waals surface area contributed by atoms with Crippen LogP contribution in [-0.4, -0.2) is 48.1 Å². The van der Waals surface area contributed by atoms with Crippen LogP contribution in [0.25, 0.3) is 34.1 Å². The van der Waals surface area contributed by atoms with Gasteiger partial charge in [-0.15, -0.1) is 0 Å². The standard InChI is InChI=1S/C20H14F3N7O2S/c1-2-33(31,32)19-16(13-11-29-10-12(20(21,22)23)4-5-15(29)27-13)18-26-9-6-14(30(18)28-19)17-24-7-3-8-25-17/h3-11H,2H2,1H3. The van der Waals surface area contributed by atoms with E-state index in [1.54, 1.807) is 12.1 Å². The smallest absolute Gasteiger partial charge is 0.306 e. The number of rotatable bonds is 4. The van der Waals surface area contributed by atoms with Crippen molar-refractivity contribution in [3.05, 3.63) is 60.8 Å². The van der Waals surface area contributed by atoms with Gasteiger partial charge in [-0.25, -0.2) is 32.9 Å². The molecule has 5 heterocycles. The van der Waals surface area contributed by atoms with Crippen LogP contribution < -0.4 is 0 Å². The number of halogens is 3. The van der Waals surface area contributed by atoms with Gasteiger partial charge in [0.05, 0.1) is 22.6 Å². The highest BCUT2D eigenvalue weighted by Crippen LogP contribution is 2.34. The van der Waals surface area contributed by atoms with Gasteiger partial charge >= 0.3 is 6.18 Å². The average molecular weight is 473 g/mol. The Kier molecular flexibility index (Phi) is 4.67. The van der Waals surface area contributed by atoms with Crippen molar-refractivity contribution in [3.8, 4) is 22.8 Å². The van der Waals surface area contributed by atoms with Gasteiger partial charge in [0, 0.05) is 31.0 Å². The van der Waals surface area contributed by atoms with Gasteiger partial charge in [0.25, 0.3) is 0 Å². The molecule has 0 aliphatic rings. The third kappa shape index (κ3) is 3.50. The second kappa shape index (κ2) is 7.33. The monoisotopic (exact) mass is 473 g/mol. The minimum Gasteiger partial charge on any atom is -0.306 e. The highest BCUT2D eigenvalue weighted by molar-refractivity contribution is 7.91. The molecule has 0 aromatic carbocycles. The molecule has 0 atom stereocenters. The fourth-order valence-electron chi connectivity index (χ4n) is 3.39. The minimum atomic E-state index is -4.54. The topological polar surface area (TPSA) is 107 Å². The molecule has 0 amide bonds. The zero-order valence-electron chi connectivity index (χ0n) is 16.9. The molecule has 0 bridgehead atoms. The van der Waals surface area contributed by atoms with Crippen LogP contribution in [0.1, 0.15) is 12.5 Å². The van der Waals surface area contributed by atoms with E-state index >= 15 is 0 Å². The van der Waals surface area contributed by atoms with Gasteiger partial charge < -0.3 is 4.40 Å². The number of pyridine rings is 1. The number of aromatic nitrogens is 7. The number of hydrogen-bond acceptors (Lipinski definition) is 7. The molecule has 5 aromatic rings. The maximum Gasteiger partial charge on any atom is 0.417 e. The van der Waals surface area contributed by atoms with E-state index in [-0.39, 0.29) is 33.3 Å². The maximum atomic E-state index is 13.1. The van der Waals surface area contributed by atoms with Crippen LogP contribution in [0.4, 0.5) is 13.2 Å². The van der Waals surface area contributed by atoms with Gasteiger partial charge in [0.15, 0.2) is 26.3 Å². The van der Waals surface area contributed by atoms with E-state index in [1.165, 1.54) is 46.7 Å². The first-order valence-electron chi connectivity index (χ1n) is 9.63. The molecule has 9 nitrogen and oxygen atoms in total. The highest BCUT2D eigenvalue weighted by atomic mass is 32.2. The van der Waals surface area contributed by atoms with Crippen LogP contribution in [0.3, 0.4) is 0 Å². The molecule has 0 radical (unpaired) electrons. The molecule has 0 spiro atoms. The summed E-state index contributed by atoms with van der Waals surface area (Å²) in [6.07, 6.45) is 2.19. The largest absolute Gasteiger partial charge is 0.417 e. The Labute approximate surface area is 184 Å². The van der Waals surface area contributed by atoms with Crippen LogP contribution in [0.15, 0.2) is 60.3 Å². The van der Waals surface area contributed by atoms with Gasteiger partial charge in [0.1, 0.15) is 11.3 Å². The fraction of sp³-hybridized carbons (Fsp3) is 0.150. The summed E-state index contributed by atoms with van der Waals surface area (Å²) in [5.74, 6) is 0.0522. The van der Waals surface area contributed by atoms with E-state index in [0.717, 1.165) is 12.3 Å². The van der Waals surface area contributed by atoms with Crippen LogP contribution in [0.5, 0.6) is 0 Å². The molecular formula is C20H14F3N7O2S. The zero-order valence-corrected chi connectivity index (χ0v) is 17.7. The van der Waals surface area contributed by atoms with Crippen molar-refractivity contribution >= 4 is 21.1 Å². The molecule has 13 heteroatoms. The summed E-state index contributed by atoms with van der Waals surface area (Å²) in [5, 5.41) is 4.01. The van der Waals surface area contributed by atoms with Crippen molar-refractivity contribution in [2.45, 2.75) is 18.1 Å². The quantitative estimate of drug-likeness (QED) is 0.394. The Hall–Kier alpha value is -3.87. The van der Waals surface area contributed by atoms with E-state index in [2.05, 4.69) is 25.0 Å². The number of sulfone groups is 1. The molecule has 5 rings (SSSR count). The van der Waals surface area contributed by atoms with Crippen LogP contribution >= 0.6 is 0 Å². The second-order valence-electron chi connectivity index (χ2n) is 7.03. The summed E-state index contributed by atoms with van der Waals surface area (Å²) in [7, 11) is -3.85. The number of nitrogens with zero attached hydrogens (tertiary/aromatic N) is 7. The molecule has 0 N–H and O–H groups in total. The predicted octanol–water partition coefficient (Wildman–Crippen LogP) is 3.31. The Morgan fingerprint density at radius 3 is 2.45 bits per heavy atom. The Morgan fingerprint density at radius 2 is 1.76 bits per heavy atom. The van der Waals surface area contributed by atoms with Gasteiger partial charge in [-0.05, 0) is 24.3 Å². The lowest BCUT2D eigenvalue weighted by molar-refractivity contribution is -0.137. The summed E-state index contributed by atoms with van der Waals surface area (Å²) in [6.45, 7) is 1.47. The van der Waals surface area contributed by atoms with Gasteiger partial charge in [-0.1, -0.05) is 6.92 Å². The minimum absolute atomic E-state index is 0.0897. The maximum absolute atomic E-state index is 13.1. The van der Waals surface area contributed by atoms with Crippen LogP contribution in [0, 0.1) is 0 Å².